The van der Waals surface area contributed by atoms with Gasteiger partial charge in [-0.15, -0.1) is 0 Å². The van der Waals surface area contributed by atoms with E-state index in [1.165, 1.54) is 25.7 Å². The van der Waals surface area contributed by atoms with E-state index in [1.807, 2.05) is 0 Å². The topological polar surface area (TPSA) is 60.9 Å². The molecule has 1 N–H and O–H groups in total. The molecule has 0 saturated heterocycles. The van der Waals surface area contributed by atoms with Gasteiger partial charge in [-0.25, -0.2) is 0 Å². The van der Waals surface area contributed by atoms with Gasteiger partial charge in [-0.3, -0.25) is 9.45 Å². The zero-order valence-electron chi connectivity index (χ0n) is 17.8. The SMILES string of the molecule is CCCCN(CCCC)CCC(CS(=O)(=O)O)N(CCCC)CCCC. The summed E-state index contributed by atoms with van der Waals surface area (Å²) in [6.07, 6.45) is 9.86. The van der Waals surface area contributed by atoms with Crippen molar-refractivity contribution >= 4 is 10.1 Å². The van der Waals surface area contributed by atoms with Crippen molar-refractivity contribution in [2.75, 3.05) is 38.5 Å². The fourth-order valence-electron chi connectivity index (χ4n) is 3.24. The van der Waals surface area contributed by atoms with Crippen molar-refractivity contribution < 1.29 is 13.0 Å². The van der Waals surface area contributed by atoms with Crippen LogP contribution in [0.1, 0.15) is 85.5 Å². The van der Waals surface area contributed by atoms with Crippen LogP contribution in [0.25, 0.3) is 0 Å². The fourth-order valence-corrected chi connectivity index (χ4v) is 4.11. The Morgan fingerprint density at radius 3 is 1.54 bits per heavy atom. The summed E-state index contributed by atoms with van der Waals surface area (Å²) in [5, 5.41) is 0. The summed E-state index contributed by atoms with van der Waals surface area (Å²) in [4.78, 5) is 4.78. The molecular weight excluding hydrogens is 348 g/mol. The van der Waals surface area contributed by atoms with Crippen molar-refractivity contribution in [1.29, 1.82) is 0 Å². The van der Waals surface area contributed by atoms with Gasteiger partial charge in [-0.2, -0.15) is 8.42 Å². The molecule has 0 amide bonds. The molecule has 0 saturated carbocycles. The van der Waals surface area contributed by atoms with Crippen molar-refractivity contribution in [1.82, 2.24) is 9.80 Å². The summed E-state index contributed by atoms with van der Waals surface area (Å²) >= 11 is 0. The molecule has 0 aromatic heterocycles. The summed E-state index contributed by atoms with van der Waals surface area (Å²) in [6.45, 7) is 13.6. The highest BCUT2D eigenvalue weighted by Gasteiger charge is 2.24. The fraction of sp³-hybridized carbons (Fsp3) is 1.00. The second kappa shape index (κ2) is 15.8. The van der Waals surface area contributed by atoms with Crippen molar-refractivity contribution in [2.45, 2.75) is 91.5 Å². The van der Waals surface area contributed by atoms with Gasteiger partial charge in [-0.05, 0) is 64.8 Å². The lowest BCUT2D eigenvalue weighted by molar-refractivity contribution is 0.168. The summed E-state index contributed by atoms with van der Waals surface area (Å²) in [5.74, 6) is -0.143. The Kier molecular flexibility index (Phi) is 15.7. The quantitative estimate of drug-likeness (QED) is 0.349. The van der Waals surface area contributed by atoms with E-state index >= 15 is 0 Å². The van der Waals surface area contributed by atoms with E-state index in [9.17, 15) is 13.0 Å². The first-order valence-corrected chi connectivity index (χ1v) is 12.4. The molecule has 0 aromatic rings. The predicted molar refractivity (Wildman–Crippen MR) is 112 cm³/mol. The Labute approximate surface area is 163 Å². The lowest BCUT2D eigenvalue weighted by Crippen LogP contribution is -2.43. The zero-order valence-corrected chi connectivity index (χ0v) is 18.6. The van der Waals surface area contributed by atoms with Crippen LogP contribution in [0.5, 0.6) is 0 Å². The molecule has 0 radical (unpaired) electrons. The Hall–Kier alpha value is -0.170. The van der Waals surface area contributed by atoms with Gasteiger partial charge >= 0.3 is 0 Å². The maximum atomic E-state index is 11.6. The molecule has 1 atom stereocenters. The smallest absolute Gasteiger partial charge is 0.266 e. The van der Waals surface area contributed by atoms with E-state index in [1.54, 1.807) is 0 Å². The Bertz CT molecular complexity index is 399. The molecule has 0 aromatic carbocycles. The Morgan fingerprint density at radius 1 is 0.731 bits per heavy atom. The van der Waals surface area contributed by atoms with Crippen molar-refractivity contribution in [3.63, 3.8) is 0 Å². The first kappa shape index (κ1) is 25.8. The third kappa shape index (κ3) is 14.0. The molecule has 0 heterocycles. The molecule has 1 unspecified atom stereocenters. The molecule has 0 aliphatic carbocycles. The van der Waals surface area contributed by atoms with Crippen LogP contribution in [-0.2, 0) is 10.1 Å². The standard InChI is InChI=1S/C20H44N2O3S/c1-5-9-14-21(15-10-6-2)18-13-20(19-26(23,24)25)22(16-11-7-3)17-12-8-4/h20H,5-19H2,1-4H3,(H,23,24,25). The Morgan fingerprint density at radius 2 is 1.15 bits per heavy atom. The van der Waals surface area contributed by atoms with Gasteiger partial charge in [0.25, 0.3) is 10.1 Å². The van der Waals surface area contributed by atoms with Crippen molar-refractivity contribution in [3.8, 4) is 0 Å². The predicted octanol–water partition coefficient (Wildman–Crippen LogP) is 4.44. The van der Waals surface area contributed by atoms with Crippen LogP contribution in [0.3, 0.4) is 0 Å². The molecule has 0 spiro atoms. The molecule has 26 heavy (non-hydrogen) atoms. The first-order valence-electron chi connectivity index (χ1n) is 10.8. The maximum absolute atomic E-state index is 11.6. The van der Waals surface area contributed by atoms with Crippen LogP contribution in [0, 0.1) is 0 Å². The highest BCUT2D eigenvalue weighted by Crippen LogP contribution is 2.13. The molecule has 0 bridgehead atoms. The van der Waals surface area contributed by atoms with Gasteiger partial charge in [-0.1, -0.05) is 53.4 Å². The minimum absolute atomic E-state index is 0.0890. The minimum atomic E-state index is -3.96. The van der Waals surface area contributed by atoms with Gasteiger partial charge in [0.1, 0.15) is 0 Å². The number of rotatable bonds is 18. The van der Waals surface area contributed by atoms with Crippen LogP contribution >= 0.6 is 0 Å². The average molecular weight is 393 g/mol. The zero-order chi connectivity index (χ0) is 19.8. The van der Waals surface area contributed by atoms with E-state index in [2.05, 4.69) is 37.5 Å². The third-order valence-corrected chi connectivity index (χ3v) is 5.76. The molecule has 5 nitrogen and oxygen atoms in total. The molecule has 0 rings (SSSR count). The molecular formula is C20H44N2O3S. The summed E-state index contributed by atoms with van der Waals surface area (Å²) < 4.78 is 32.7. The van der Waals surface area contributed by atoms with Crippen LogP contribution < -0.4 is 0 Å². The van der Waals surface area contributed by atoms with Crippen molar-refractivity contribution in [3.05, 3.63) is 0 Å². The van der Waals surface area contributed by atoms with E-state index in [4.69, 9.17) is 0 Å². The van der Waals surface area contributed by atoms with Gasteiger partial charge in [0.2, 0.25) is 0 Å². The number of unbranched alkanes of at least 4 members (excludes halogenated alkanes) is 4. The number of nitrogens with zero attached hydrogens (tertiary/aromatic N) is 2. The monoisotopic (exact) mass is 392 g/mol. The molecule has 0 aliphatic heterocycles. The number of hydrogen-bond donors (Lipinski definition) is 1. The van der Waals surface area contributed by atoms with E-state index in [-0.39, 0.29) is 11.8 Å². The normalized spacial score (nSPS) is 13.7. The first-order chi connectivity index (χ1) is 12.4. The minimum Gasteiger partial charge on any atom is -0.303 e. The highest BCUT2D eigenvalue weighted by molar-refractivity contribution is 7.85. The molecule has 158 valence electrons. The summed E-state index contributed by atoms with van der Waals surface area (Å²) in [5.41, 5.74) is 0. The lowest BCUT2D eigenvalue weighted by atomic mass is 10.1. The largest absolute Gasteiger partial charge is 0.303 e. The van der Waals surface area contributed by atoms with Crippen LogP contribution in [0.15, 0.2) is 0 Å². The summed E-state index contributed by atoms with van der Waals surface area (Å²) in [7, 11) is -3.96. The second-order valence-corrected chi connectivity index (χ2v) is 8.98. The van der Waals surface area contributed by atoms with Crippen LogP contribution in [-0.4, -0.2) is 67.3 Å². The maximum Gasteiger partial charge on any atom is 0.266 e. The lowest BCUT2D eigenvalue weighted by Gasteiger charge is -2.33. The van der Waals surface area contributed by atoms with E-state index in [0.717, 1.165) is 64.8 Å². The van der Waals surface area contributed by atoms with Gasteiger partial charge in [0.15, 0.2) is 0 Å². The average Bonchev–Trinajstić information content (AvgIpc) is 2.59. The molecule has 0 fully saturated rings. The van der Waals surface area contributed by atoms with Crippen LogP contribution in [0.4, 0.5) is 0 Å². The van der Waals surface area contributed by atoms with E-state index < -0.39 is 10.1 Å². The third-order valence-electron chi connectivity index (χ3n) is 4.95. The van der Waals surface area contributed by atoms with Gasteiger partial charge < -0.3 is 4.90 Å². The van der Waals surface area contributed by atoms with E-state index in [0.29, 0.717) is 0 Å². The van der Waals surface area contributed by atoms with Crippen molar-refractivity contribution in [2.24, 2.45) is 0 Å². The summed E-state index contributed by atoms with van der Waals surface area (Å²) in [6, 6.07) is -0.0890. The number of hydrogen-bond acceptors (Lipinski definition) is 4. The molecule has 0 aliphatic rings. The second-order valence-electron chi connectivity index (χ2n) is 7.48. The van der Waals surface area contributed by atoms with Crippen LogP contribution in [0.2, 0.25) is 0 Å². The van der Waals surface area contributed by atoms with Gasteiger partial charge in [0, 0.05) is 6.04 Å². The highest BCUT2D eigenvalue weighted by atomic mass is 32.2. The molecule has 6 heteroatoms. The van der Waals surface area contributed by atoms with Gasteiger partial charge in [0.05, 0.1) is 5.75 Å². The Balaban J connectivity index is 4.98.